The molecule has 2 unspecified atom stereocenters. The molecule has 0 radical (unpaired) electrons. The fourth-order valence-corrected chi connectivity index (χ4v) is 6.94. The lowest BCUT2D eigenvalue weighted by Crippen LogP contribution is -2.51. The van der Waals surface area contributed by atoms with E-state index in [4.69, 9.17) is 0 Å². The molecule has 5 rings (SSSR count). The molecule has 4 atom stereocenters. The van der Waals surface area contributed by atoms with E-state index >= 15 is 0 Å². The van der Waals surface area contributed by atoms with Crippen molar-refractivity contribution in [1.82, 2.24) is 33.6 Å². The minimum Gasteiger partial charge on any atom is -0.345 e. The van der Waals surface area contributed by atoms with Gasteiger partial charge in [0.25, 0.3) is 10.2 Å². The second kappa shape index (κ2) is 7.66. The molecule has 1 saturated heterocycles. The highest BCUT2D eigenvalue weighted by Crippen LogP contribution is 2.42. The monoisotopic (exact) mass is 471 g/mol. The number of nitrogens with zero attached hydrogens (tertiary/aromatic N) is 5. The minimum atomic E-state index is -4.58. The fraction of sp³-hybridized carbons (Fsp3) is 0.632. The maximum absolute atomic E-state index is 13.3. The molecular formula is C19H24F3N7O2S. The Morgan fingerprint density at radius 2 is 2.09 bits per heavy atom. The molecule has 2 N–H and O–H groups in total. The number of aromatic amines is 1. The third kappa shape index (κ3) is 3.55. The molecule has 9 nitrogen and oxygen atoms in total. The van der Waals surface area contributed by atoms with Crippen LogP contribution in [0.15, 0.2) is 18.5 Å². The van der Waals surface area contributed by atoms with Crippen LogP contribution in [0.3, 0.4) is 0 Å². The van der Waals surface area contributed by atoms with Crippen molar-refractivity contribution in [3.8, 4) is 0 Å². The van der Waals surface area contributed by atoms with E-state index in [0.717, 1.165) is 17.8 Å². The average molecular weight is 472 g/mol. The third-order valence-electron chi connectivity index (χ3n) is 6.72. The first-order valence-electron chi connectivity index (χ1n) is 10.7. The normalized spacial score (nSPS) is 27.8. The van der Waals surface area contributed by atoms with Gasteiger partial charge in [0.05, 0.1) is 11.7 Å². The lowest BCUT2D eigenvalue weighted by molar-refractivity contribution is -0.165. The van der Waals surface area contributed by atoms with Gasteiger partial charge in [-0.2, -0.15) is 30.6 Å². The summed E-state index contributed by atoms with van der Waals surface area (Å²) in [6.45, 7) is 1.89. The SMILES string of the molecule is CCC1C[C@H](NS(=O)(=O)N2CCC[C@H]2C(F)(F)F)CC1c1nnc2cnc3[nH]ccc3n12. The number of hydrogen-bond acceptors (Lipinski definition) is 5. The summed E-state index contributed by atoms with van der Waals surface area (Å²) in [6.07, 6.45) is 0.565. The van der Waals surface area contributed by atoms with Gasteiger partial charge in [-0.25, -0.2) is 4.98 Å². The highest BCUT2D eigenvalue weighted by molar-refractivity contribution is 7.87. The smallest absolute Gasteiger partial charge is 0.345 e. The van der Waals surface area contributed by atoms with Gasteiger partial charge >= 0.3 is 6.18 Å². The van der Waals surface area contributed by atoms with E-state index < -0.39 is 28.5 Å². The molecule has 0 bridgehead atoms. The van der Waals surface area contributed by atoms with E-state index in [0.29, 0.717) is 28.4 Å². The summed E-state index contributed by atoms with van der Waals surface area (Å²) in [6, 6.07) is -0.558. The molecule has 2 aliphatic rings. The summed E-state index contributed by atoms with van der Waals surface area (Å²) in [5.74, 6) is 0.754. The largest absolute Gasteiger partial charge is 0.405 e. The van der Waals surface area contributed by atoms with Gasteiger partial charge in [0.15, 0.2) is 11.3 Å². The number of H-pyrrole nitrogens is 1. The van der Waals surface area contributed by atoms with Crippen LogP contribution >= 0.6 is 0 Å². The van der Waals surface area contributed by atoms with Crippen LogP contribution < -0.4 is 4.72 Å². The molecule has 0 amide bonds. The zero-order valence-electron chi connectivity index (χ0n) is 17.4. The fourth-order valence-electron chi connectivity index (χ4n) is 5.26. The molecule has 2 fully saturated rings. The number of nitrogens with one attached hydrogen (secondary N) is 2. The maximum atomic E-state index is 13.3. The van der Waals surface area contributed by atoms with Gasteiger partial charge in [-0.3, -0.25) is 4.40 Å². The van der Waals surface area contributed by atoms with E-state index in [1.807, 2.05) is 17.4 Å². The van der Waals surface area contributed by atoms with Crippen LogP contribution in [0.1, 0.15) is 50.8 Å². The number of alkyl halides is 3. The van der Waals surface area contributed by atoms with Crippen LogP contribution in [0.5, 0.6) is 0 Å². The molecule has 1 aliphatic carbocycles. The molecular weight excluding hydrogens is 447 g/mol. The predicted octanol–water partition coefficient (Wildman–Crippen LogP) is 2.74. The quantitative estimate of drug-likeness (QED) is 0.595. The lowest BCUT2D eigenvalue weighted by atomic mass is 9.93. The zero-order valence-corrected chi connectivity index (χ0v) is 18.2. The molecule has 4 heterocycles. The van der Waals surface area contributed by atoms with Crippen LogP contribution in [-0.2, 0) is 10.2 Å². The number of fused-ring (bicyclic) bond motifs is 3. The van der Waals surface area contributed by atoms with Gasteiger partial charge in [0.1, 0.15) is 11.9 Å². The second-order valence-corrected chi connectivity index (χ2v) is 10.3. The second-order valence-electron chi connectivity index (χ2n) is 8.60. The molecule has 32 heavy (non-hydrogen) atoms. The van der Waals surface area contributed by atoms with Crippen molar-refractivity contribution in [2.24, 2.45) is 5.92 Å². The number of hydrogen-bond donors (Lipinski definition) is 2. The van der Waals surface area contributed by atoms with Gasteiger partial charge in [-0.1, -0.05) is 13.3 Å². The van der Waals surface area contributed by atoms with Gasteiger partial charge < -0.3 is 4.98 Å². The van der Waals surface area contributed by atoms with Crippen LogP contribution in [0, 0.1) is 5.92 Å². The summed E-state index contributed by atoms with van der Waals surface area (Å²) in [5.41, 5.74) is 2.11. The minimum absolute atomic E-state index is 0.0832. The third-order valence-corrected chi connectivity index (χ3v) is 8.41. The van der Waals surface area contributed by atoms with Crippen LogP contribution in [0.4, 0.5) is 13.2 Å². The Labute approximate surface area is 182 Å². The Kier molecular flexibility index (Phi) is 5.17. The maximum Gasteiger partial charge on any atom is 0.405 e. The van der Waals surface area contributed by atoms with Crippen LogP contribution in [0.25, 0.3) is 16.8 Å². The van der Waals surface area contributed by atoms with Crippen molar-refractivity contribution in [3.05, 3.63) is 24.3 Å². The van der Waals surface area contributed by atoms with E-state index in [9.17, 15) is 21.6 Å². The Morgan fingerprint density at radius 3 is 2.84 bits per heavy atom. The van der Waals surface area contributed by atoms with Gasteiger partial charge in [-0.15, -0.1) is 10.2 Å². The first kappa shape index (κ1) is 21.6. The molecule has 0 aromatic carbocycles. The number of halogens is 3. The van der Waals surface area contributed by atoms with E-state index in [-0.39, 0.29) is 31.2 Å². The highest BCUT2D eigenvalue weighted by atomic mass is 32.2. The molecule has 3 aromatic rings. The van der Waals surface area contributed by atoms with Gasteiger partial charge in [0.2, 0.25) is 0 Å². The number of rotatable bonds is 5. The average Bonchev–Trinajstić information content (AvgIpc) is 3.49. The zero-order chi connectivity index (χ0) is 22.7. The van der Waals surface area contributed by atoms with Crippen LogP contribution in [0.2, 0.25) is 0 Å². The van der Waals surface area contributed by atoms with Gasteiger partial charge in [0, 0.05) is 24.7 Å². The van der Waals surface area contributed by atoms with Crippen molar-refractivity contribution >= 4 is 27.0 Å². The van der Waals surface area contributed by atoms with E-state index in [1.54, 1.807) is 12.4 Å². The lowest BCUT2D eigenvalue weighted by Gasteiger charge is -2.27. The Morgan fingerprint density at radius 1 is 1.28 bits per heavy atom. The molecule has 3 aromatic heterocycles. The van der Waals surface area contributed by atoms with Crippen LogP contribution in [-0.4, -0.2) is 62.1 Å². The van der Waals surface area contributed by atoms with Crippen molar-refractivity contribution in [1.29, 1.82) is 0 Å². The van der Waals surface area contributed by atoms with Gasteiger partial charge in [-0.05, 0) is 37.7 Å². The summed E-state index contributed by atoms with van der Waals surface area (Å²) in [5, 5.41) is 8.61. The van der Waals surface area contributed by atoms with E-state index in [1.165, 1.54) is 0 Å². The predicted molar refractivity (Wildman–Crippen MR) is 110 cm³/mol. The molecule has 174 valence electrons. The van der Waals surface area contributed by atoms with Crippen molar-refractivity contribution in [2.45, 2.75) is 63.2 Å². The molecule has 1 saturated carbocycles. The summed E-state index contributed by atoms with van der Waals surface area (Å²) in [4.78, 5) is 7.37. The molecule has 1 aliphatic heterocycles. The Bertz CT molecular complexity index is 1240. The number of aromatic nitrogens is 5. The molecule has 13 heteroatoms. The molecule has 0 spiro atoms. The van der Waals surface area contributed by atoms with Crippen molar-refractivity contribution in [2.75, 3.05) is 6.54 Å². The first-order valence-corrected chi connectivity index (χ1v) is 12.2. The topological polar surface area (TPSA) is 108 Å². The highest BCUT2D eigenvalue weighted by Gasteiger charge is 2.51. The standard InChI is InChI=1S/C19H24F3N7O2S/c1-2-11-8-12(27-32(30,31)28-7-3-4-15(28)19(20,21)22)9-13(11)18-26-25-16-10-24-17-14(29(16)18)5-6-23-17/h5-6,10-13,15,23,27H,2-4,7-9H2,1H3/t11?,12-,13?,15-/m0/s1. The Hall–Kier alpha value is -2.25. The summed E-state index contributed by atoms with van der Waals surface area (Å²) < 4.78 is 70.7. The first-order chi connectivity index (χ1) is 15.2. The summed E-state index contributed by atoms with van der Waals surface area (Å²) in [7, 11) is -4.26. The van der Waals surface area contributed by atoms with Crippen molar-refractivity contribution in [3.63, 3.8) is 0 Å². The van der Waals surface area contributed by atoms with E-state index in [2.05, 4.69) is 24.9 Å². The summed E-state index contributed by atoms with van der Waals surface area (Å²) >= 11 is 0. The Balaban J connectivity index is 1.41. The van der Waals surface area contributed by atoms with Crippen molar-refractivity contribution < 1.29 is 21.6 Å².